The molecule has 2 fully saturated rings. The molecule has 2 unspecified atom stereocenters. The second-order valence-electron chi connectivity index (χ2n) is 5.81. The summed E-state index contributed by atoms with van der Waals surface area (Å²) in [7, 11) is 0. The van der Waals surface area contributed by atoms with E-state index < -0.39 is 4.92 Å². The molecule has 0 aromatic carbocycles. The van der Waals surface area contributed by atoms with E-state index in [-0.39, 0.29) is 5.69 Å². The smallest absolute Gasteiger partial charge is 0.288 e. The van der Waals surface area contributed by atoms with Crippen molar-refractivity contribution in [3.63, 3.8) is 0 Å². The number of nitrogens with zero attached hydrogens (tertiary/aromatic N) is 3. The van der Waals surface area contributed by atoms with Gasteiger partial charge in [-0.2, -0.15) is 0 Å². The fraction of sp³-hybridized carbons (Fsp3) is 0.643. The van der Waals surface area contributed by atoms with Crippen LogP contribution in [0.15, 0.2) is 16.7 Å². The van der Waals surface area contributed by atoms with Crippen LogP contribution in [0.3, 0.4) is 0 Å². The Labute approximate surface area is 132 Å². The van der Waals surface area contributed by atoms with Gasteiger partial charge in [0.15, 0.2) is 0 Å². The van der Waals surface area contributed by atoms with Gasteiger partial charge in [-0.05, 0) is 54.1 Å². The molecule has 2 atom stereocenters. The van der Waals surface area contributed by atoms with Crippen LogP contribution in [-0.4, -0.2) is 35.6 Å². The lowest BCUT2D eigenvalue weighted by Crippen LogP contribution is -2.44. The highest BCUT2D eigenvalue weighted by Gasteiger charge is 2.30. The zero-order chi connectivity index (χ0) is 14.8. The summed E-state index contributed by atoms with van der Waals surface area (Å²) in [5, 5.41) is 14.4. The molecule has 1 aromatic heterocycles. The number of hydrogen-bond acceptors (Lipinski definition) is 5. The monoisotopic (exact) mass is 354 g/mol. The predicted molar refractivity (Wildman–Crippen MR) is 84.6 cm³/mol. The molecule has 0 spiro atoms. The highest BCUT2D eigenvalue weighted by Crippen LogP contribution is 2.32. The van der Waals surface area contributed by atoms with Crippen LogP contribution in [0, 0.1) is 16.0 Å². The minimum Gasteiger partial charge on any atom is -0.355 e. The lowest BCUT2D eigenvalue weighted by Gasteiger charge is -2.36. The van der Waals surface area contributed by atoms with Crippen LogP contribution in [0.1, 0.15) is 25.7 Å². The lowest BCUT2D eigenvalue weighted by molar-refractivity contribution is -0.385. The Morgan fingerprint density at radius 3 is 2.95 bits per heavy atom. The average molecular weight is 355 g/mol. The molecule has 0 bridgehead atoms. The molecule has 7 heteroatoms. The van der Waals surface area contributed by atoms with E-state index in [0.29, 0.717) is 16.4 Å². The highest BCUT2D eigenvalue weighted by atomic mass is 79.9. The maximum atomic E-state index is 10.8. The first-order chi connectivity index (χ1) is 10.1. The summed E-state index contributed by atoms with van der Waals surface area (Å²) in [6, 6.07) is 2.16. The summed E-state index contributed by atoms with van der Waals surface area (Å²) >= 11 is 3.43. The maximum Gasteiger partial charge on any atom is 0.288 e. The van der Waals surface area contributed by atoms with Crippen LogP contribution < -0.4 is 10.2 Å². The number of pyridine rings is 1. The molecule has 2 saturated heterocycles. The normalized spacial score (nSPS) is 26.0. The minimum atomic E-state index is -0.414. The van der Waals surface area contributed by atoms with Crippen LogP contribution in [0.25, 0.3) is 0 Å². The van der Waals surface area contributed by atoms with Gasteiger partial charge in [0, 0.05) is 25.2 Å². The van der Waals surface area contributed by atoms with Crippen LogP contribution >= 0.6 is 15.9 Å². The molecule has 21 heavy (non-hydrogen) atoms. The fourth-order valence-corrected chi connectivity index (χ4v) is 3.99. The van der Waals surface area contributed by atoms with Crippen molar-refractivity contribution in [3.05, 3.63) is 26.9 Å². The molecule has 0 radical (unpaired) electrons. The minimum absolute atomic E-state index is 0.0247. The third-order valence-electron chi connectivity index (χ3n) is 4.44. The van der Waals surface area contributed by atoms with E-state index in [4.69, 9.17) is 0 Å². The van der Waals surface area contributed by atoms with Gasteiger partial charge in [0.25, 0.3) is 5.69 Å². The van der Waals surface area contributed by atoms with Crippen molar-refractivity contribution >= 4 is 27.4 Å². The zero-order valence-electron chi connectivity index (χ0n) is 11.8. The Hall–Kier alpha value is -1.21. The van der Waals surface area contributed by atoms with Crippen molar-refractivity contribution in [1.29, 1.82) is 0 Å². The Kier molecular flexibility index (Phi) is 4.40. The summed E-state index contributed by atoms with van der Waals surface area (Å²) < 4.78 is 0.705. The Morgan fingerprint density at radius 2 is 2.29 bits per heavy atom. The highest BCUT2D eigenvalue weighted by molar-refractivity contribution is 9.10. The summed E-state index contributed by atoms with van der Waals surface area (Å²) in [5.74, 6) is 1.47. The standard InChI is InChI=1S/C14H19BrN4O2/c15-12-7-11(19(20)21)8-17-14(12)18-6-2-3-10(9-18)13-4-1-5-16-13/h7-8,10,13,16H,1-6,9H2. The van der Waals surface area contributed by atoms with E-state index >= 15 is 0 Å². The molecule has 0 amide bonds. The van der Waals surface area contributed by atoms with Gasteiger partial charge in [0.2, 0.25) is 0 Å². The van der Waals surface area contributed by atoms with E-state index in [2.05, 4.69) is 31.1 Å². The summed E-state index contributed by atoms with van der Waals surface area (Å²) in [5.41, 5.74) is 0.0247. The van der Waals surface area contributed by atoms with Gasteiger partial charge in [-0.3, -0.25) is 10.1 Å². The first-order valence-corrected chi connectivity index (χ1v) is 8.22. The average Bonchev–Trinajstić information content (AvgIpc) is 3.01. The van der Waals surface area contributed by atoms with Gasteiger partial charge >= 0.3 is 0 Å². The van der Waals surface area contributed by atoms with Crippen molar-refractivity contribution in [2.24, 2.45) is 5.92 Å². The number of aromatic nitrogens is 1. The van der Waals surface area contributed by atoms with Gasteiger partial charge in [-0.1, -0.05) is 0 Å². The van der Waals surface area contributed by atoms with Crippen LogP contribution in [-0.2, 0) is 0 Å². The number of anilines is 1. The Balaban J connectivity index is 1.75. The second kappa shape index (κ2) is 6.27. The van der Waals surface area contributed by atoms with E-state index in [0.717, 1.165) is 31.9 Å². The van der Waals surface area contributed by atoms with Gasteiger partial charge in [0.1, 0.15) is 12.0 Å². The molecule has 1 aromatic rings. The van der Waals surface area contributed by atoms with Gasteiger partial charge in [-0.25, -0.2) is 4.98 Å². The first-order valence-electron chi connectivity index (χ1n) is 7.43. The summed E-state index contributed by atoms with van der Waals surface area (Å²) in [6.07, 6.45) is 6.26. The van der Waals surface area contributed by atoms with Crippen molar-refractivity contribution in [3.8, 4) is 0 Å². The van der Waals surface area contributed by atoms with Gasteiger partial charge in [-0.15, -0.1) is 0 Å². The molecule has 1 N–H and O–H groups in total. The van der Waals surface area contributed by atoms with E-state index in [9.17, 15) is 10.1 Å². The lowest BCUT2D eigenvalue weighted by atomic mass is 9.90. The van der Waals surface area contributed by atoms with Gasteiger partial charge < -0.3 is 10.2 Å². The zero-order valence-corrected chi connectivity index (χ0v) is 13.4. The molecule has 0 aliphatic carbocycles. The van der Waals surface area contributed by atoms with Crippen LogP contribution in [0.5, 0.6) is 0 Å². The largest absolute Gasteiger partial charge is 0.355 e. The Morgan fingerprint density at radius 1 is 1.43 bits per heavy atom. The number of hydrogen-bond donors (Lipinski definition) is 1. The molecule has 114 valence electrons. The molecule has 3 rings (SSSR count). The number of halogens is 1. The number of piperidine rings is 1. The Bertz CT molecular complexity index is 534. The van der Waals surface area contributed by atoms with E-state index in [1.165, 1.54) is 25.5 Å². The second-order valence-corrected chi connectivity index (χ2v) is 6.66. The third-order valence-corrected chi connectivity index (χ3v) is 5.03. The topological polar surface area (TPSA) is 71.3 Å². The van der Waals surface area contributed by atoms with E-state index in [1.807, 2.05) is 0 Å². The molecule has 6 nitrogen and oxygen atoms in total. The number of rotatable bonds is 3. The number of nitro groups is 1. The van der Waals surface area contributed by atoms with Crippen molar-refractivity contribution in [2.45, 2.75) is 31.7 Å². The SMILES string of the molecule is O=[N+]([O-])c1cnc(N2CCCC(C3CCCN3)C2)c(Br)c1. The van der Waals surface area contributed by atoms with Crippen LogP contribution in [0.2, 0.25) is 0 Å². The molecular formula is C14H19BrN4O2. The maximum absolute atomic E-state index is 10.8. The molecular weight excluding hydrogens is 336 g/mol. The van der Waals surface area contributed by atoms with Crippen molar-refractivity contribution in [2.75, 3.05) is 24.5 Å². The molecule has 2 aliphatic heterocycles. The van der Waals surface area contributed by atoms with E-state index in [1.54, 1.807) is 6.07 Å². The van der Waals surface area contributed by atoms with Crippen molar-refractivity contribution < 1.29 is 4.92 Å². The van der Waals surface area contributed by atoms with Crippen LogP contribution in [0.4, 0.5) is 11.5 Å². The first kappa shape index (κ1) is 14.7. The molecule has 3 heterocycles. The summed E-state index contributed by atoms with van der Waals surface area (Å²) in [4.78, 5) is 16.9. The predicted octanol–water partition coefficient (Wildman–Crippen LogP) is 2.72. The molecule has 0 saturated carbocycles. The summed E-state index contributed by atoms with van der Waals surface area (Å²) in [6.45, 7) is 3.06. The third kappa shape index (κ3) is 3.18. The van der Waals surface area contributed by atoms with Crippen molar-refractivity contribution in [1.82, 2.24) is 10.3 Å². The molecule has 2 aliphatic rings. The number of nitrogens with one attached hydrogen (secondary N) is 1. The quantitative estimate of drug-likeness (QED) is 0.667. The van der Waals surface area contributed by atoms with Gasteiger partial charge in [0.05, 0.1) is 9.40 Å². The fourth-order valence-electron chi connectivity index (χ4n) is 3.40.